The van der Waals surface area contributed by atoms with Gasteiger partial charge in [0.25, 0.3) is 5.56 Å². The number of hydrogen-bond donors (Lipinski definition) is 2. The van der Waals surface area contributed by atoms with Crippen molar-refractivity contribution in [2.75, 3.05) is 11.1 Å². The number of aromatic amines is 1. The van der Waals surface area contributed by atoms with Crippen LogP contribution < -0.4 is 10.9 Å². The topological polar surface area (TPSA) is 91.9 Å². The normalized spacial score (nSPS) is 12.9. The summed E-state index contributed by atoms with van der Waals surface area (Å²) in [6.45, 7) is 1.71. The molecule has 0 bridgehead atoms. The van der Waals surface area contributed by atoms with E-state index in [0.717, 1.165) is 17.3 Å². The Morgan fingerprint density at radius 2 is 2.13 bits per heavy atom. The number of fused-ring (bicyclic) bond motifs is 1. The summed E-state index contributed by atoms with van der Waals surface area (Å²) in [5.74, 6) is -0.213. The van der Waals surface area contributed by atoms with Crippen molar-refractivity contribution in [3.8, 4) is 0 Å². The molecule has 2 heterocycles. The molecule has 3 rings (SSSR count). The molecule has 0 aliphatic carbocycles. The predicted octanol–water partition coefficient (Wildman–Crippen LogP) is 2.20. The van der Waals surface area contributed by atoms with Gasteiger partial charge in [0.2, 0.25) is 5.91 Å². The van der Waals surface area contributed by atoms with Crippen molar-refractivity contribution >= 4 is 40.7 Å². The van der Waals surface area contributed by atoms with E-state index in [4.69, 9.17) is 11.6 Å². The molecule has 0 saturated carbocycles. The van der Waals surface area contributed by atoms with Crippen LogP contribution in [0.25, 0.3) is 0 Å². The highest BCUT2D eigenvalue weighted by Gasteiger charge is 2.22. The van der Waals surface area contributed by atoms with Crippen LogP contribution in [0.4, 0.5) is 5.69 Å². The van der Waals surface area contributed by atoms with Crippen molar-refractivity contribution in [1.82, 2.24) is 9.97 Å². The number of nitrogens with one attached hydrogen (secondary N) is 2. The molecular formula is C15H12ClN3O3S. The molecule has 23 heavy (non-hydrogen) atoms. The third kappa shape index (κ3) is 3.46. The number of carbonyl (C=O) groups is 2. The SMILES string of the molecule is Cc1cc(=O)[nH]c(SCC(=O)c2cc3c(cc2Cl)NC(=O)C3)n1. The number of halogens is 1. The van der Waals surface area contributed by atoms with Gasteiger partial charge >= 0.3 is 0 Å². The van der Waals surface area contributed by atoms with E-state index in [2.05, 4.69) is 15.3 Å². The van der Waals surface area contributed by atoms with Crippen molar-refractivity contribution in [1.29, 1.82) is 0 Å². The molecule has 2 N–H and O–H groups in total. The Morgan fingerprint density at radius 1 is 1.35 bits per heavy atom. The molecule has 8 heteroatoms. The Bertz CT molecular complexity index is 879. The maximum absolute atomic E-state index is 12.4. The van der Waals surface area contributed by atoms with Gasteiger partial charge in [0.05, 0.1) is 17.2 Å². The van der Waals surface area contributed by atoms with Gasteiger partial charge in [-0.05, 0) is 24.6 Å². The third-order valence-electron chi connectivity index (χ3n) is 3.31. The number of thioether (sulfide) groups is 1. The van der Waals surface area contributed by atoms with Crippen LogP contribution in [0.2, 0.25) is 5.02 Å². The molecule has 0 unspecified atom stereocenters. The zero-order valence-corrected chi connectivity index (χ0v) is 13.7. The van der Waals surface area contributed by atoms with E-state index in [0.29, 0.717) is 27.1 Å². The lowest BCUT2D eigenvalue weighted by Crippen LogP contribution is -2.10. The standard InChI is InChI=1S/C15H12ClN3O3S/c1-7-2-13(21)19-15(17-7)23-6-12(20)9-3-8-4-14(22)18-11(8)5-10(9)16/h2-3,5H,4,6H2,1H3,(H,18,22)(H,17,19,21). The summed E-state index contributed by atoms with van der Waals surface area (Å²) in [5, 5.41) is 3.37. The van der Waals surface area contributed by atoms with Crippen molar-refractivity contribution in [2.45, 2.75) is 18.5 Å². The molecule has 1 aromatic carbocycles. The first-order chi connectivity index (χ1) is 10.9. The summed E-state index contributed by atoms with van der Waals surface area (Å²) >= 11 is 7.26. The van der Waals surface area contributed by atoms with E-state index in [1.807, 2.05) is 0 Å². The largest absolute Gasteiger partial charge is 0.325 e. The van der Waals surface area contributed by atoms with Gasteiger partial charge < -0.3 is 10.3 Å². The summed E-state index contributed by atoms with van der Waals surface area (Å²) in [4.78, 5) is 41.9. The second kappa shape index (κ2) is 6.17. The van der Waals surface area contributed by atoms with Gasteiger partial charge in [-0.25, -0.2) is 4.98 Å². The van der Waals surface area contributed by atoms with Crippen LogP contribution in [-0.4, -0.2) is 27.4 Å². The minimum absolute atomic E-state index is 0.0896. The van der Waals surface area contributed by atoms with Crippen molar-refractivity contribution < 1.29 is 9.59 Å². The average Bonchev–Trinajstić information content (AvgIpc) is 2.82. The molecular weight excluding hydrogens is 338 g/mol. The molecule has 1 aliphatic rings. The van der Waals surface area contributed by atoms with E-state index in [-0.39, 0.29) is 29.4 Å². The second-order valence-corrected chi connectivity index (χ2v) is 6.49. The number of aromatic nitrogens is 2. The van der Waals surface area contributed by atoms with Gasteiger partial charge in [0.15, 0.2) is 10.9 Å². The monoisotopic (exact) mass is 349 g/mol. The van der Waals surface area contributed by atoms with Crippen molar-refractivity contribution in [3.63, 3.8) is 0 Å². The number of ketones is 1. The fourth-order valence-electron chi connectivity index (χ4n) is 2.29. The summed E-state index contributed by atoms with van der Waals surface area (Å²) < 4.78 is 0. The van der Waals surface area contributed by atoms with Gasteiger partial charge in [-0.1, -0.05) is 23.4 Å². The number of benzene rings is 1. The maximum atomic E-state index is 12.4. The molecule has 0 fully saturated rings. The summed E-state index contributed by atoms with van der Waals surface area (Å²) in [7, 11) is 0. The van der Waals surface area contributed by atoms with E-state index < -0.39 is 0 Å². The second-order valence-electron chi connectivity index (χ2n) is 5.12. The van der Waals surface area contributed by atoms with Gasteiger partial charge in [0, 0.05) is 23.0 Å². The number of anilines is 1. The smallest absolute Gasteiger partial charge is 0.251 e. The fraction of sp³-hybridized carbons (Fsp3) is 0.200. The van der Waals surface area contributed by atoms with Crippen LogP contribution in [0.3, 0.4) is 0 Å². The van der Waals surface area contributed by atoms with E-state index in [1.54, 1.807) is 19.1 Å². The Hall–Kier alpha value is -2.12. The Balaban J connectivity index is 1.77. The summed E-state index contributed by atoms with van der Waals surface area (Å²) in [6.07, 6.45) is 0.243. The molecule has 1 amide bonds. The highest BCUT2D eigenvalue weighted by atomic mass is 35.5. The van der Waals surface area contributed by atoms with Crippen LogP contribution in [0, 0.1) is 6.92 Å². The molecule has 1 aromatic heterocycles. The lowest BCUT2D eigenvalue weighted by Gasteiger charge is -2.07. The molecule has 2 aromatic rings. The Morgan fingerprint density at radius 3 is 2.87 bits per heavy atom. The van der Waals surface area contributed by atoms with Crippen LogP contribution in [0.5, 0.6) is 0 Å². The van der Waals surface area contributed by atoms with E-state index >= 15 is 0 Å². The summed E-state index contributed by atoms with van der Waals surface area (Å²) in [5.41, 5.74) is 2.10. The van der Waals surface area contributed by atoms with Crippen LogP contribution in [0.15, 0.2) is 28.2 Å². The number of H-pyrrole nitrogens is 1. The summed E-state index contributed by atoms with van der Waals surface area (Å²) in [6, 6.07) is 4.62. The van der Waals surface area contributed by atoms with Gasteiger partial charge in [-0.3, -0.25) is 14.4 Å². The average molecular weight is 350 g/mol. The van der Waals surface area contributed by atoms with Gasteiger partial charge in [0.1, 0.15) is 0 Å². The van der Waals surface area contributed by atoms with E-state index in [9.17, 15) is 14.4 Å². The van der Waals surface area contributed by atoms with Crippen LogP contribution >= 0.6 is 23.4 Å². The number of carbonyl (C=O) groups excluding carboxylic acids is 2. The van der Waals surface area contributed by atoms with Crippen molar-refractivity contribution in [2.24, 2.45) is 0 Å². The van der Waals surface area contributed by atoms with Gasteiger partial charge in [-0.2, -0.15) is 0 Å². The molecule has 6 nitrogen and oxygen atoms in total. The number of aryl methyl sites for hydroxylation is 1. The number of hydrogen-bond acceptors (Lipinski definition) is 5. The first kappa shape index (κ1) is 15.8. The Labute approximate surface area is 140 Å². The predicted molar refractivity (Wildman–Crippen MR) is 88.4 cm³/mol. The highest BCUT2D eigenvalue weighted by molar-refractivity contribution is 7.99. The zero-order chi connectivity index (χ0) is 16.6. The van der Waals surface area contributed by atoms with Crippen molar-refractivity contribution in [3.05, 3.63) is 50.4 Å². The van der Waals surface area contributed by atoms with Gasteiger partial charge in [-0.15, -0.1) is 0 Å². The third-order valence-corrected chi connectivity index (χ3v) is 4.49. The lowest BCUT2D eigenvalue weighted by atomic mass is 10.1. The molecule has 0 spiro atoms. The number of Topliss-reactive ketones (excluding diaryl/α,β-unsaturated/α-hetero) is 1. The van der Waals surface area contributed by atoms with Crippen LogP contribution in [0.1, 0.15) is 21.6 Å². The first-order valence-electron chi connectivity index (χ1n) is 6.78. The molecule has 0 radical (unpaired) electrons. The first-order valence-corrected chi connectivity index (χ1v) is 8.15. The number of nitrogens with zero attached hydrogens (tertiary/aromatic N) is 1. The minimum Gasteiger partial charge on any atom is -0.325 e. The quantitative estimate of drug-likeness (QED) is 0.501. The minimum atomic E-state index is -0.257. The molecule has 0 saturated heterocycles. The van der Waals surface area contributed by atoms with Crippen LogP contribution in [-0.2, 0) is 11.2 Å². The Kier molecular flexibility index (Phi) is 4.23. The lowest BCUT2D eigenvalue weighted by molar-refractivity contribution is -0.115. The fourth-order valence-corrected chi connectivity index (χ4v) is 3.37. The maximum Gasteiger partial charge on any atom is 0.251 e. The number of rotatable bonds is 4. The molecule has 1 aliphatic heterocycles. The highest BCUT2D eigenvalue weighted by Crippen LogP contribution is 2.30. The van der Waals surface area contributed by atoms with E-state index in [1.165, 1.54) is 6.07 Å². The molecule has 0 atom stereocenters. The number of amides is 1. The zero-order valence-electron chi connectivity index (χ0n) is 12.1. The molecule has 118 valence electrons.